The van der Waals surface area contributed by atoms with Crippen molar-refractivity contribution in [2.24, 2.45) is 5.92 Å². The van der Waals surface area contributed by atoms with Crippen molar-refractivity contribution in [3.05, 3.63) is 53.6 Å². The zero-order valence-corrected chi connectivity index (χ0v) is 17.6. The van der Waals surface area contributed by atoms with Crippen LogP contribution in [0.3, 0.4) is 0 Å². The lowest BCUT2D eigenvalue weighted by Gasteiger charge is -2.48. The molecule has 1 aliphatic heterocycles. The molecular formula is C23H34OSi. The number of rotatable bonds is 5. The van der Waals surface area contributed by atoms with E-state index in [1.807, 2.05) is 0 Å². The van der Waals surface area contributed by atoms with Crippen LogP contribution >= 0.6 is 0 Å². The molecule has 0 radical (unpaired) electrons. The van der Waals surface area contributed by atoms with Gasteiger partial charge in [-0.3, -0.25) is 0 Å². The summed E-state index contributed by atoms with van der Waals surface area (Å²) in [6.07, 6.45) is 3.76. The van der Waals surface area contributed by atoms with E-state index < -0.39 is 8.32 Å². The highest BCUT2D eigenvalue weighted by atomic mass is 28.4. The number of benzene rings is 1. The van der Waals surface area contributed by atoms with E-state index in [0.717, 1.165) is 12.8 Å². The summed E-state index contributed by atoms with van der Waals surface area (Å²) in [5.41, 5.74) is 6.98. The van der Waals surface area contributed by atoms with E-state index >= 15 is 0 Å². The lowest BCUT2D eigenvalue weighted by molar-refractivity contribution is 0.169. The number of hydrogen-bond acceptors (Lipinski definition) is 1. The van der Waals surface area contributed by atoms with E-state index in [0.29, 0.717) is 23.1 Å². The van der Waals surface area contributed by atoms with Crippen LogP contribution in [0.15, 0.2) is 48.1 Å². The van der Waals surface area contributed by atoms with Gasteiger partial charge in [0.2, 0.25) is 0 Å². The standard InChI is InChI=1S/C23H34OSi/c1-7-11-21-23-20(15-25(24-21,16(2)3)17(4)5)14-18(6)22(23)19-12-9-8-10-13-19/h8-10,12-13,16-17,20-21H,6-7,11,14-15H2,1-5H3. The van der Waals surface area contributed by atoms with Gasteiger partial charge in [0, 0.05) is 0 Å². The second kappa shape index (κ2) is 7.24. The lowest BCUT2D eigenvalue weighted by Crippen LogP contribution is -2.53. The van der Waals surface area contributed by atoms with Crippen LogP contribution in [0.25, 0.3) is 5.57 Å². The molecule has 2 aliphatic rings. The Morgan fingerprint density at radius 1 is 1.12 bits per heavy atom. The molecule has 136 valence electrons. The first-order valence-electron chi connectivity index (χ1n) is 10.1. The summed E-state index contributed by atoms with van der Waals surface area (Å²) in [7, 11) is -1.76. The molecule has 0 spiro atoms. The Balaban J connectivity index is 2.09. The van der Waals surface area contributed by atoms with Crippen molar-refractivity contribution in [3.63, 3.8) is 0 Å². The third-order valence-electron chi connectivity index (χ3n) is 6.42. The molecule has 1 aliphatic carbocycles. The summed E-state index contributed by atoms with van der Waals surface area (Å²) < 4.78 is 7.09. The minimum atomic E-state index is -1.76. The fraction of sp³-hybridized carbons (Fsp3) is 0.565. The fourth-order valence-electron chi connectivity index (χ4n) is 5.15. The molecule has 3 rings (SSSR count). The molecule has 0 aromatic heterocycles. The molecule has 1 aromatic rings. The quantitative estimate of drug-likeness (QED) is 0.518. The van der Waals surface area contributed by atoms with Crippen LogP contribution in [-0.2, 0) is 4.43 Å². The minimum Gasteiger partial charge on any atom is -0.410 e. The average molecular weight is 355 g/mol. The van der Waals surface area contributed by atoms with Gasteiger partial charge in [0.15, 0.2) is 8.32 Å². The van der Waals surface area contributed by atoms with Gasteiger partial charge in [0.05, 0.1) is 6.10 Å². The summed E-state index contributed by atoms with van der Waals surface area (Å²) in [6.45, 7) is 16.3. The summed E-state index contributed by atoms with van der Waals surface area (Å²) >= 11 is 0. The zero-order chi connectivity index (χ0) is 18.2. The fourth-order valence-corrected chi connectivity index (χ4v) is 9.97. The molecule has 25 heavy (non-hydrogen) atoms. The summed E-state index contributed by atoms with van der Waals surface area (Å²) in [5.74, 6) is 0.657. The Kier molecular flexibility index (Phi) is 5.41. The minimum absolute atomic E-state index is 0.301. The van der Waals surface area contributed by atoms with Gasteiger partial charge in [0.25, 0.3) is 0 Å². The third kappa shape index (κ3) is 3.19. The monoisotopic (exact) mass is 354 g/mol. The molecular weight excluding hydrogens is 320 g/mol. The molecule has 2 atom stereocenters. The van der Waals surface area contributed by atoms with E-state index in [1.54, 1.807) is 5.57 Å². The van der Waals surface area contributed by atoms with E-state index in [4.69, 9.17) is 4.43 Å². The molecule has 1 fully saturated rings. The maximum absolute atomic E-state index is 7.09. The van der Waals surface area contributed by atoms with Crippen molar-refractivity contribution in [2.45, 2.75) is 77.1 Å². The highest BCUT2D eigenvalue weighted by molar-refractivity contribution is 6.76. The van der Waals surface area contributed by atoms with Crippen molar-refractivity contribution in [1.29, 1.82) is 0 Å². The maximum Gasteiger partial charge on any atom is 0.199 e. The van der Waals surface area contributed by atoms with Crippen molar-refractivity contribution in [3.8, 4) is 0 Å². The maximum atomic E-state index is 7.09. The zero-order valence-electron chi connectivity index (χ0n) is 16.6. The van der Waals surface area contributed by atoms with Crippen molar-refractivity contribution < 1.29 is 4.43 Å². The predicted molar refractivity (Wildman–Crippen MR) is 111 cm³/mol. The summed E-state index contributed by atoms with van der Waals surface area (Å²) in [5, 5.41) is 0. The second-order valence-corrected chi connectivity index (χ2v) is 13.4. The van der Waals surface area contributed by atoms with Gasteiger partial charge in [-0.1, -0.05) is 78.0 Å². The van der Waals surface area contributed by atoms with Gasteiger partial charge in [0.1, 0.15) is 0 Å². The van der Waals surface area contributed by atoms with Crippen LogP contribution < -0.4 is 0 Å². The normalized spacial score (nSPS) is 25.8. The Hall–Kier alpha value is -1.12. The van der Waals surface area contributed by atoms with Gasteiger partial charge in [-0.15, -0.1) is 0 Å². The molecule has 0 N–H and O–H groups in total. The smallest absolute Gasteiger partial charge is 0.199 e. The highest BCUT2D eigenvalue weighted by Gasteiger charge is 2.52. The molecule has 1 saturated heterocycles. The average Bonchev–Trinajstić information content (AvgIpc) is 2.91. The molecule has 1 aromatic carbocycles. The van der Waals surface area contributed by atoms with Crippen LogP contribution in [0, 0.1) is 5.92 Å². The van der Waals surface area contributed by atoms with Gasteiger partial charge >= 0.3 is 0 Å². The Morgan fingerprint density at radius 3 is 2.32 bits per heavy atom. The first-order chi connectivity index (χ1) is 11.9. The van der Waals surface area contributed by atoms with E-state index in [1.165, 1.54) is 29.2 Å². The van der Waals surface area contributed by atoms with Crippen LogP contribution in [0.5, 0.6) is 0 Å². The van der Waals surface area contributed by atoms with E-state index in [2.05, 4.69) is 71.5 Å². The third-order valence-corrected chi connectivity index (χ3v) is 12.2. The van der Waals surface area contributed by atoms with E-state index in [9.17, 15) is 0 Å². The highest BCUT2D eigenvalue weighted by Crippen LogP contribution is 2.55. The summed E-state index contributed by atoms with van der Waals surface area (Å²) in [4.78, 5) is 0. The second-order valence-electron chi connectivity index (χ2n) is 8.56. The lowest BCUT2D eigenvalue weighted by atomic mass is 9.91. The molecule has 0 amide bonds. The molecule has 0 saturated carbocycles. The SMILES string of the molecule is C=C1CC2C[Si](C(C)C)(C(C)C)OC(CCC)C2=C1c1ccccc1. The van der Waals surface area contributed by atoms with Crippen LogP contribution in [0.4, 0.5) is 0 Å². The van der Waals surface area contributed by atoms with Crippen LogP contribution in [0.2, 0.25) is 17.1 Å². The Morgan fingerprint density at radius 2 is 1.76 bits per heavy atom. The number of fused-ring (bicyclic) bond motifs is 1. The molecule has 2 heteroatoms. The molecule has 2 unspecified atom stereocenters. The van der Waals surface area contributed by atoms with Crippen molar-refractivity contribution in [2.75, 3.05) is 0 Å². The summed E-state index contributed by atoms with van der Waals surface area (Å²) in [6, 6.07) is 12.1. The number of allylic oxidation sites excluding steroid dienone is 2. The van der Waals surface area contributed by atoms with Crippen molar-refractivity contribution >= 4 is 13.9 Å². The van der Waals surface area contributed by atoms with E-state index in [-0.39, 0.29) is 0 Å². The van der Waals surface area contributed by atoms with Gasteiger partial charge in [-0.05, 0) is 58.2 Å². The first kappa shape index (κ1) is 18.7. The van der Waals surface area contributed by atoms with Gasteiger partial charge < -0.3 is 4.43 Å². The number of hydrogen-bond donors (Lipinski definition) is 0. The predicted octanol–water partition coefficient (Wildman–Crippen LogP) is 6.98. The first-order valence-corrected chi connectivity index (χ1v) is 12.3. The molecule has 0 bridgehead atoms. The Labute approximate surface area is 155 Å². The van der Waals surface area contributed by atoms with Crippen LogP contribution in [0.1, 0.15) is 59.4 Å². The van der Waals surface area contributed by atoms with Gasteiger partial charge in [-0.25, -0.2) is 0 Å². The topological polar surface area (TPSA) is 9.23 Å². The largest absolute Gasteiger partial charge is 0.410 e. The van der Waals surface area contributed by atoms with Crippen molar-refractivity contribution in [1.82, 2.24) is 0 Å². The molecule has 1 nitrogen and oxygen atoms in total. The van der Waals surface area contributed by atoms with Crippen LogP contribution in [-0.4, -0.2) is 14.4 Å². The molecule has 1 heterocycles. The Bertz CT molecular complexity index is 648. The van der Waals surface area contributed by atoms with Gasteiger partial charge in [-0.2, -0.15) is 0 Å².